The van der Waals surface area contributed by atoms with Crippen molar-refractivity contribution in [3.05, 3.63) is 72.2 Å². The number of hydrogen-bond donors (Lipinski definition) is 1. The predicted octanol–water partition coefficient (Wildman–Crippen LogP) is 4.96. The minimum Gasteiger partial charge on any atom is -0.494 e. The van der Waals surface area contributed by atoms with Gasteiger partial charge in [0, 0.05) is 16.8 Å². The van der Waals surface area contributed by atoms with E-state index in [9.17, 15) is 4.79 Å². The number of aryl methyl sites for hydroxylation is 1. The summed E-state index contributed by atoms with van der Waals surface area (Å²) in [5.41, 5.74) is 2.65. The monoisotopic (exact) mass is 389 g/mol. The summed E-state index contributed by atoms with van der Waals surface area (Å²) in [6.45, 7) is 4.29. The van der Waals surface area contributed by atoms with E-state index in [1.54, 1.807) is 25.1 Å². The first kappa shape index (κ1) is 18.5. The number of carbonyl (C=O) groups excluding carboxylic acids is 1. The van der Waals surface area contributed by atoms with Gasteiger partial charge < -0.3 is 19.0 Å². The minimum absolute atomic E-state index is 0.239. The molecule has 0 saturated carbocycles. The van der Waals surface area contributed by atoms with Crippen LogP contribution in [-0.2, 0) is 0 Å². The third-order valence-corrected chi connectivity index (χ3v) is 4.32. The van der Waals surface area contributed by atoms with Crippen LogP contribution in [0.15, 0.2) is 69.8 Å². The maximum atomic E-state index is 12.4. The van der Waals surface area contributed by atoms with Crippen LogP contribution in [-0.4, -0.2) is 22.7 Å². The molecule has 2 aromatic heterocycles. The fourth-order valence-electron chi connectivity index (χ4n) is 2.87. The van der Waals surface area contributed by atoms with Gasteiger partial charge in [-0.3, -0.25) is 4.79 Å². The largest absolute Gasteiger partial charge is 0.494 e. The van der Waals surface area contributed by atoms with Crippen molar-refractivity contribution in [1.82, 2.24) is 10.1 Å². The molecule has 0 spiro atoms. The summed E-state index contributed by atoms with van der Waals surface area (Å²) in [4.78, 5) is 16.8. The van der Waals surface area contributed by atoms with Crippen molar-refractivity contribution in [2.45, 2.75) is 13.8 Å². The first-order valence-electron chi connectivity index (χ1n) is 9.17. The average molecular weight is 389 g/mol. The van der Waals surface area contributed by atoms with Crippen LogP contribution in [0.4, 0.5) is 5.69 Å². The zero-order valence-corrected chi connectivity index (χ0v) is 16.0. The van der Waals surface area contributed by atoms with E-state index in [2.05, 4.69) is 15.5 Å². The van der Waals surface area contributed by atoms with E-state index in [1.807, 2.05) is 43.3 Å². The molecule has 1 amide bonds. The number of benzene rings is 2. The van der Waals surface area contributed by atoms with Gasteiger partial charge in [0.05, 0.1) is 18.4 Å². The molecule has 2 heterocycles. The van der Waals surface area contributed by atoms with E-state index in [0.29, 0.717) is 35.3 Å². The Morgan fingerprint density at radius 3 is 2.66 bits per heavy atom. The fraction of sp³-hybridized carbons (Fsp3) is 0.136. The molecule has 29 heavy (non-hydrogen) atoms. The van der Waals surface area contributed by atoms with Gasteiger partial charge in [0.15, 0.2) is 0 Å². The molecule has 0 atom stereocenters. The van der Waals surface area contributed by atoms with Gasteiger partial charge in [0.1, 0.15) is 11.5 Å². The molecule has 7 heteroatoms. The Morgan fingerprint density at radius 2 is 1.93 bits per heavy atom. The van der Waals surface area contributed by atoms with Crippen LogP contribution in [0, 0.1) is 6.92 Å². The molecule has 2 aromatic carbocycles. The molecule has 0 fully saturated rings. The Kier molecular flexibility index (Phi) is 5.11. The Balaban J connectivity index is 1.53. The maximum absolute atomic E-state index is 12.4. The fourth-order valence-corrected chi connectivity index (χ4v) is 2.87. The van der Waals surface area contributed by atoms with E-state index >= 15 is 0 Å². The highest BCUT2D eigenvalue weighted by molar-refractivity contribution is 6.05. The number of aromatic nitrogens is 2. The highest BCUT2D eigenvalue weighted by Gasteiger charge is 2.14. The number of nitrogens with zero attached hydrogens (tertiary/aromatic N) is 2. The van der Waals surface area contributed by atoms with Gasteiger partial charge in [-0.15, -0.1) is 0 Å². The van der Waals surface area contributed by atoms with E-state index in [-0.39, 0.29) is 5.91 Å². The zero-order chi connectivity index (χ0) is 20.2. The highest BCUT2D eigenvalue weighted by atomic mass is 16.5. The lowest BCUT2D eigenvalue weighted by Gasteiger charge is -2.05. The number of furan rings is 1. The molecule has 0 aliphatic heterocycles. The van der Waals surface area contributed by atoms with E-state index in [1.165, 1.54) is 6.26 Å². The summed E-state index contributed by atoms with van der Waals surface area (Å²) in [7, 11) is 0. The molecule has 0 saturated heterocycles. The Hall–Kier alpha value is -3.87. The molecule has 0 unspecified atom stereocenters. The summed E-state index contributed by atoms with van der Waals surface area (Å²) >= 11 is 0. The summed E-state index contributed by atoms with van der Waals surface area (Å²) in [5, 5.41) is 6.91. The van der Waals surface area contributed by atoms with Crippen LogP contribution in [0.25, 0.3) is 22.8 Å². The van der Waals surface area contributed by atoms with Crippen LogP contribution in [0.1, 0.15) is 23.0 Å². The second-order valence-electron chi connectivity index (χ2n) is 6.31. The van der Waals surface area contributed by atoms with Gasteiger partial charge in [0.25, 0.3) is 11.8 Å². The number of rotatable bonds is 6. The van der Waals surface area contributed by atoms with Crippen molar-refractivity contribution in [2.75, 3.05) is 11.9 Å². The molecular weight excluding hydrogens is 370 g/mol. The van der Waals surface area contributed by atoms with Crippen LogP contribution in [0.5, 0.6) is 5.75 Å². The number of amides is 1. The van der Waals surface area contributed by atoms with Crippen LogP contribution >= 0.6 is 0 Å². The van der Waals surface area contributed by atoms with E-state index in [4.69, 9.17) is 13.7 Å². The average Bonchev–Trinajstić information content (AvgIpc) is 3.38. The topological polar surface area (TPSA) is 90.4 Å². The third-order valence-electron chi connectivity index (χ3n) is 4.32. The molecule has 7 nitrogen and oxygen atoms in total. The van der Waals surface area contributed by atoms with Crippen molar-refractivity contribution in [2.24, 2.45) is 0 Å². The Bertz CT molecular complexity index is 1130. The first-order chi connectivity index (χ1) is 14.1. The summed E-state index contributed by atoms with van der Waals surface area (Å²) < 4.78 is 16.0. The van der Waals surface area contributed by atoms with Gasteiger partial charge in [-0.2, -0.15) is 4.98 Å². The second kappa shape index (κ2) is 8.02. The van der Waals surface area contributed by atoms with Crippen molar-refractivity contribution in [3.63, 3.8) is 0 Å². The van der Waals surface area contributed by atoms with Crippen molar-refractivity contribution < 1.29 is 18.5 Å². The van der Waals surface area contributed by atoms with Crippen molar-refractivity contribution in [3.8, 4) is 28.6 Å². The number of nitrogens with one attached hydrogen (secondary N) is 1. The molecule has 4 aromatic rings. The molecule has 4 rings (SSSR count). The SMILES string of the molecule is CCOc1ccc(-c2nc(-c3cccc(NC(=O)c4ccoc4C)c3)no2)cc1. The normalized spacial score (nSPS) is 10.7. The van der Waals surface area contributed by atoms with Crippen LogP contribution in [0.3, 0.4) is 0 Å². The predicted molar refractivity (Wildman–Crippen MR) is 108 cm³/mol. The third kappa shape index (κ3) is 4.03. The molecular formula is C22H19N3O4. The molecule has 0 aliphatic rings. The first-order valence-corrected chi connectivity index (χ1v) is 9.17. The number of carbonyl (C=O) groups is 1. The standard InChI is InChI=1S/C22H19N3O4/c1-3-27-18-9-7-15(8-10-18)22-24-20(25-29-22)16-5-4-6-17(13-16)23-21(26)19-11-12-28-14(19)2/h4-13H,3H2,1-2H3,(H,23,26). The minimum atomic E-state index is -0.239. The molecule has 0 radical (unpaired) electrons. The van der Waals surface area contributed by atoms with Gasteiger partial charge in [0.2, 0.25) is 5.82 Å². The Morgan fingerprint density at radius 1 is 1.10 bits per heavy atom. The summed E-state index contributed by atoms with van der Waals surface area (Å²) in [6.07, 6.45) is 1.49. The number of hydrogen-bond acceptors (Lipinski definition) is 6. The van der Waals surface area contributed by atoms with Crippen molar-refractivity contribution in [1.29, 1.82) is 0 Å². The Labute approximate surface area is 167 Å². The van der Waals surface area contributed by atoms with Gasteiger partial charge in [-0.25, -0.2) is 0 Å². The molecule has 1 N–H and O–H groups in total. The van der Waals surface area contributed by atoms with Crippen LogP contribution in [0.2, 0.25) is 0 Å². The lowest BCUT2D eigenvalue weighted by atomic mass is 10.1. The zero-order valence-electron chi connectivity index (χ0n) is 16.0. The molecule has 0 bridgehead atoms. The van der Waals surface area contributed by atoms with Gasteiger partial charge in [-0.05, 0) is 56.3 Å². The molecule has 0 aliphatic carbocycles. The highest BCUT2D eigenvalue weighted by Crippen LogP contribution is 2.26. The van der Waals surface area contributed by atoms with Crippen molar-refractivity contribution >= 4 is 11.6 Å². The quantitative estimate of drug-likeness (QED) is 0.501. The molecule has 146 valence electrons. The smallest absolute Gasteiger partial charge is 0.259 e. The summed E-state index contributed by atoms with van der Waals surface area (Å²) in [6, 6.07) is 16.3. The lowest BCUT2D eigenvalue weighted by Crippen LogP contribution is -2.12. The number of ether oxygens (including phenoxy) is 1. The van der Waals surface area contributed by atoms with E-state index < -0.39 is 0 Å². The van der Waals surface area contributed by atoms with Crippen LogP contribution < -0.4 is 10.1 Å². The van der Waals surface area contributed by atoms with E-state index in [0.717, 1.165) is 16.9 Å². The number of anilines is 1. The lowest BCUT2D eigenvalue weighted by molar-refractivity contribution is 0.102. The second-order valence-corrected chi connectivity index (χ2v) is 6.31. The maximum Gasteiger partial charge on any atom is 0.259 e. The van der Waals surface area contributed by atoms with Gasteiger partial charge >= 0.3 is 0 Å². The summed E-state index contributed by atoms with van der Waals surface area (Å²) in [5.74, 6) is 1.96. The van der Waals surface area contributed by atoms with Gasteiger partial charge in [-0.1, -0.05) is 17.3 Å².